The molecule has 5 nitrogen and oxygen atoms in total. The van der Waals surface area contributed by atoms with Gasteiger partial charge in [0.1, 0.15) is 0 Å². The van der Waals surface area contributed by atoms with Crippen LogP contribution in [0.5, 0.6) is 0 Å². The number of carbonyl (C=O) groups is 2. The minimum Gasteiger partial charge on any atom is -0.481 e. The number of carboxylic acid groups (broad SMARTS) is 1. The van der Waals surface area contributed by atoms with Crippen molar-refractivity contribution in [3.05, 3.63) is 0 Å². The van der Waals surface area contributed by atoms with E-state index in [1.807, 2.05) is 0 Å². The van der Waals surface area contributed by atoms with Crippen molar-refractivity contribution in [2.45, 2.75) is 25.4 Å². The van der Waals surface area contributed by atoms with Gasteiger partial charge in [-0.2, -0.15) is 13.2 Å². The number of ether oxygens (including phenoxy) is 1. The lowest BCUT2D eigenvalue weighted by Crippen LogP contribution is -2.44. The average molecular weight is 281 g/mol. The molecular formula is C11H14F3NO4. The Morgan fingerprint density at radius 1 is 1.26 bits per heavy atom. The zero-order valence-electron chi connectivity index (χ0n) is 10.0. The lowest BCUT2D eigenvalue weighted by Gasteiger charge is -2.27. The molecule has 1 amide bonds. The summed E-state index contributed by atoms with van der Waals surface area (Å²) in [7, 11) is 0. The molecule has 1 atom stereocenters. The molecule has 2 fully saturated rings. The fraction of sp³-hybridized carbons (Fsp3) is 0.818. The van der Waals surface area contributed by atoms with Gasteiger partial charge in [0.05, 0.1) is 5.41 Å². The second kappa shape index (κ2) is 4.36. The Morgan fingerprint density at radius 2 is 1.84 bits per heavy atom. The van der Waals surface area contributed by atoms with Gasteiger partial charge in [-0.1, -0.05) is 0 Å². The van der Waals surface area contributed by atoms with Crippen LogP contribution >= 0.6 is 0 Å². The molecule has 1 spiro atoms. The first kappa shape index (κ1) is 14.1. The highest BCUT2D eigenvalue weighted by atomic mass is 19.4. The van der Waals surface area contributed by atoms with Crippen molar-refractivity contribution >= 4 is 11.9 Å². The fourth-order valence-electron chi connectivity index (χ4n) is 2.91. The number of nitrogens with one attached hydrogen (secondary N) is 1. The Kier molecular flexibility index (Phi) is 3.24. The lowest BCUT2D eigenvalue weighted by atomic mass is 9.86. The summed E-state index contributed by atoms with van der Waals surface area (Å²) in [5, 5.41) is 11.0. The number of carboxylic acids is 1. The third-order valence-electron chi connectivity index (χ3n) is 4.20. The van der Waals surface area contributed by atoms with Crippen molar-refractivity contribution < 1.29 is 32.6 Å². The largest absolute Gasteiger partial charge is 0.481 e. The standard InChI is InChI=1S/C11H14F3NO4/c12-11(13,14)7(16)15-6-10(8(17)18)5-9(10)1-3-19-4-2-9/h1-6H2,(H,15,16)(H,17,18). The molecule has 1 saturated carbocycles. The van der Waals surface area contributed by atoms with E-state index in [9.17, 15) is 27.9 Å². The Morgan fingerprint density at radius 3 is 2.32 bits per heavy atom. The van der Waals surface area contributed by atoms with Crippen LogP contribution in [0.4, 0.5) is 13.2 Å². The van der Waals surface area contributed by atoms with Crippen molar-refractivity contribution in [2.75, 3.05) is 19.8 Å². The number of alkyl halides is 3. The first-order chi connectivity index (χ1) is 8.74. The van der Waals surface area contributed by atoms with E-state index in [0.717, 1.165) is 0 Å². The topological polar surface area (TPSA) is 75.6 Å². The van der Waals surface area contributed by atoms with Crippen LogP contribution in [0.15, 0.2) is 0 Å². The first-order valence-electron chi connectivity index (χ1n) is 5.90. The molecule has 108 valence electrons. The molecule has 1 heterocycles. The Bertz CT molecular complexity index is 403. The van der Waals surface area contributed by atoms with Crippen molar-refractivity contribution in [2.24, 2.45) is 10.8 Å². The Hall–Kier alpha value is -1.31. The van der Waals surface area contributed by atoms with Gasteiger partial charge in [-0.15, -0.1) is 0 Å². The van der Waals surface area contributed by atoms with Crippen molar-refractivity contribution in [1.29, 1.82) is 0 Å². The van der Waals surface area contributed by atoms with Gasteiger partial charge in [-0.25, -0.2) is 0 Å². The molecule has 1 aliphatic heterocycles. The molecule has 1 aliphatic carbocycles. The van der Waals surface area contributed by atoms with E-state index in [0.29, 0.717) is 26.1 Å². The van der Waals surface area contributed by atoms with Gasteiger partial charge in [0.15, 0.2) is 0 Å². The van der Waals surface area contributed by atoms with Gasteiger partial charge in [0.2, 0.25) is 0 Å². The summed E-state index contributed by atoms with van der Waals surface area (Å²) in [4.78, 5) is 22.1. The van der Waals surface area contributed by atoms with E-state index in [1.165, 1.54) is 0 Å². The summed E-state index contributed by atoms with van der Waals surface area (Å²) in [6.07, 6.45) is -3.70. The highest BCUT2D eigenvalue weighted by molar-refractivity contribution is 5.84. The van der Waals surface area contributed by atoms with E-state index in [2.05, 4.69) is 0 Å². The number of carbonyl (C=O) groups excluding carboxylic acids is 1. The molecule has 0 aromatic heterocycles. The maximum Gasteiger partial charge on any atom is 0.471 e. The van der Waals surface area contributed by atoms with Crippen LogP contribution < -0.4 is 5.32 Å². The summed E-state index contributed by atoms with van der Waals surface area (Å²) in [6.45, 7) is 0.325. The fourth-order valence-corrected chi connectivity index (χ4v) is 2.91. The molecule has 1 saturated heterocycles. The third-order valence-corrected chi connectivity index (χ3v) is 4.20. The minimum absolute atomic E-state index is 0.289. The normalized spacial score (nSPS) is 29.0. The number of amides is 1. The molecular weight excluding hydrogens is 267 g/mol. The molecule has 0 aromatic carbocycles. The van der Waals surface area contributed by atoms with Gasteiger partial charge < -0.3 is 15.2 Å². The summed E-state index contributed by atoms with van der Waals surface area (Å²) >= 11 is 0. The van der Waals surface area contributed by atoms with Crippen LogP contribution in [0.3, 0.4) is 0 Å². The van der Waals surface area contributed by atoms with Crippen LogP contribution in [-0.4, -0.2) is 42.9 Å². The summed E-state index contributed by atoms with van der Waals surface area (Å²) in [5.74, 6) is -3.25. The molecule has 0 radical (unpaired) electrons. The van der Waals surface area contributed by atoms with Gasteiger partial charge in [0.25, 0.3) is 0 Å². The Balaban J connectivity index is 2.03. The summed E-state index contributed by atoms with van der Waals surface area (Å²) in [6, 6.07) is 0. The molecule has 0 bridgehead atoms. The number of hydrogen-bond acceptors (Lipinski definition) is 3. The molecule has 2 aliphatic rings. The van der Waals surface area contributed by atoms with Crippen LogP contribution in [0.25, 0.3) is 0 Å². The molecule has 19 heavy (non-hydrogen) atoms. The van der Waals surface area contributed by atoms with Gasteiger partial charge in [-0.05, 0) is 24.7 Å². The number of halogens is 3. The maximum atomic E-state index is 12.1. The minimum atomic E-state index is -4.99. The molecule has 1 unspecified atom stereocenters. The molecule has 2 rings (SSSR count). The molecule has 8 heteroatoms. The smallest absolute Gasteiger partial charge is 0.471 e. The van der Waals surface area contributed by atoms with E-state index < -0.39 is 35.4 Å². The van der Waals surface area contributed by atoms with E-state index in [4.69, 9.17) is 4.74 Å². The first-order valence-corrected chi connectivity index (χ1v) is 5.90. The van der Waals surface area contributed by atoms with Crippen LogP contribution in [-0.2, 0) is 14.3 Å². The number of rotatable bonds is 3. The molecule has 0 aromatic rings. The number of hydrogen-bond donors (Lipinski definition) is 2. The number of aliphatic carboxylic acids is 1. The average Bonchev–Trinajstić information content (AvgIpc) is 2.94. The lowest BCUT2D eigenvalue weighted by molar-refractivity contribution is -0.174. The highest BCUT2D eigenvalue weighted by Crippen LogP contribution is 2.68. The van der Waals surface area contributed by atoms with Gasteiger partial charge >= 0.3 is 18.1 Å². The predicted octanol–water partition coefficient (Wildman–Crippen LogP) is 0.936. The monoisotopic (exact) mass is 281 g/mol. The van der Waals surface area contributed by atoms with E-state index in [1.54, 1.807) is 5.32 Å². The third kappa shape index (κ3) is 2.29. The van der Waals surface area contributed by atoms with E-state index in [-0.39, 0.29) is 6.42 Å². The van der Waals surface area contributed by atoms with Gasteiger partial charge in [-0.3, -0.25) is 9.59 Å². The van der Waals surface area contributed by atoms with Crippen molar-refractivity contribution in [3.63, 3.8) is 0 Å². The summed E-state index contributed by atoms with van der Waals surface area (Å²) < 4.78 is 41.4. The van der Waals surface area contributed by atoms with Crippen molar-refractivity contribution in [3.8, 4) is 0 Å². The van der Waals surface area contributed by atoms with E-state index >= 15 is 0 Å². The maximum absolute atomic E-state index is 12.1. The van der Waals surface area contributed by atoms with Crippen LogP contribution in [0, 0.1) is 10.8 Å². The van der Waals surface area contributed by atoms with Crippen LogP contribution in [0.2, 0.25) is 0 Å². The predicted molar refractivity (Wildman–Crippen MR) is 56.2 cm³/mol. The highest BCUT2D eigenvalue weighted by Gasteiger charge is 2.71. The zero-order valence-corrected chi connectivity index (χ0v) is 10.0. The Labute approximate surface area is 107 Å². The SMILES string of the molecule is O=C(NCC1(C(=O)O)CC12CCOCC2)C(F)(F)F. The van der Waals surface area contributed by atoms with Crippen LogP contribution in [0.1, 0.15) is 19.3 Å². The van der Waals surface area contributed by atoms with Gasteiger partial charge in [0, 0.05) is 19.8 Å². The van der Waals surface area contributed by atoms with Crippen molar-refractivity contribution in [1.82, 2.24) is 5.32 Å². The summed E-state index contributed by atoms with van der Waals surface area (Å²) in [5.41, 5.74) is -1.81. The molecule has 2 N–H and O–H groups in total. The second-order valence-electron chi connectivity index (χ2n) is 5.14. The quantitative estimate of drug-likeness (QED) is 0.807. The zero-order chi connectivity index (χ0) is 14.3. The second-order valence-corrected chi connectivity index (χ2v) is 5.14.